The van der Waals surface area contributed by atoms with E-state index in [-0.39, 0.29) is 5.91 Å². The van der Waals surface area contributed by atoms with Crippen LogP contribution in [0, 0.1) is 0 Å². The Kier molecular flexibility index (Phi) is 7.16. The zero-order valence-electron chi connectivity index (χ0n) is 18.2. The topological polar surface area (TPSA) is 51.1 Å². The highest BCUT2D eigenvalue weighted by atomic mass is 79.9. The third-order valence-electron chi connectivity index (χ3n) is 4.92. The van der Waals surface area contributed by atoms with Crippen molar-refractivity contribution in [3.05, 3.63) is 93.0 Å². The van der Waals surface area contributed by atoms with Gasteiger partial charge < -0.3 is 9.47 Å². The number of benzene rings is 3. The first-order valence-electron chi connectivity index (χ1n) is 10.6. The summed E-state index contributed by atoms with van der Waals surface area (Å²) in [6.45, 7) is 4.89. The molecule has 3 aromatic rings. The van der Waals surface area contributed by atoms with Crippen LogP contribution in [0.15, 0.2) is 81.9 Å². The Balaban J connectivity index is 1.77. The van der Waals surface area contributed by atoms with Crippen molar-refractivity contribution >= 4 is 51.0 Å². The summed E-state index contributed by atoms with van der Waals surface area (Å²) in [5, 5.41) is 0.618. The first-order chi connectivity index (χ1) is 16.0. The van der Waals surface area contributed by atoms with Crippen LogP contribution >= 0.6 is 27.5 Å². The van der Waals surface area contributed by atoms with E-state index in [1.54, 1.807) is 23.1 Å². The molecular formula is C26H22BrClN2O3. The summed E-state index contributed by atoms with van der Waals surface area (Å²) in [7, 11) is 0. The lowest BCUT2D eigenvalue weighted by atomic mass is 10.1. The van der Waals surface area contributed by atoms with E-state index in [2.05, 4.69) is 15.9 Å². The number of hydrogen-bond acceptors (Lipinski definition) is 4. The molecule has 0 unspecified atom stereocenters. The molecule has 0 radical (unpaired) electrons. The molecular weight excluding hydrogens is 504 g/mol. The van der Waals surface area contributed by atoms with E-state index in [1.165, 1.54) is 0 Å². The molecule has 33 heavy (non-hydrogen) atoms. The fourth-order valence-corrected chi connectivity index (χ4v) is 3.84. The fourth-order valence-electron chi connectivity index (χ4n) is 3.45. The number of hydrogen-bond donors (Lipinski definition) is 0. The van der Waals surface area contributed by atoms with E-state index in [0.717, 1.165) is 21.3 Å². The largest absolute Gasteiger partial charge is 0.490 e. The molecule has 0 saturated carbocycles. The van der Waals surface area contributed by atoms with Gasteiger partial charge in [0, 0.05) is 15.1 Å². The van der Waals surface area contributed by atoms with Gasteiger partial charge in [-0.1, -0.05) is 33.6 Å². The van der Waals surface area contributed by atoms with E-state index in [1.807, 2.05) is 68.4 Å². The van der Waals surface area contributed by atoms with E-state index in [0.29, 0.717) is 41.3 Å². The highest BCUT2D eigenvalue weighted by molar-refractivity contribution is 9.10. The van der Waals surface area contributed by atoms with E-state index in [4.69, 9.17) is 26.1 Å². The van der Waals surface area contributed by atoms with Crippen molar-refractivity contribution < 1.29 is 14.3 Å². The molecule has 1 aliphatic rings. The number of amidine groups is 1. The Bertz CT molecular complexity index is 1220. The predicted molar refractivity (Wildman–Crippen MR) is 136 cm³/mol. The number of carbonyl (C=O) groups excluding carboxylic acids is 1. The molecule has 1 aliphatic heterocycles. The van der Waals surface area contributed by atoms with Crippen molar-refractivity contribution in [2.45, 2.75) is 13.8 Å². The molecule has 0 atom stereocenters. The summed E-state index contributed by atoms with van der Waals surface area (Å²) in [6.07, 6.45) is 1.76. The molecule has 0 aromatic heterocycles. The van der Waals surface area contributed by atoms with Crippen LogP contribution < -0.4 is 14.4 Å². The predicted octanol–water partition coefficient (Wildman–Crippen LogP) is 6.73. The minimum absolute atomic E-state index is 0.214. The van der Waals surface area contributed by atoms with Crippen LogP contribution in [-0.4, -0.2) is 25.0 Å². The normalized spacial score (nSPS) is 14.5. The van der Waals surface area contributed by atoms with Gasteiger partial charge in [-0.2, -0.15) is 0 Å². The first kappa shape index (κ1) is 23.1. The van der Waals surface area contributed by atoms with Crippen molar-refractivity contribution in [1.82, 2.24) is 0 Å². The Hall–Kier alpha value is -3.09. The summed E-state index contributed by atoms with van der Waals surface area (Å²) in [6, 6.07) is 20.4. The summed E-state index contributed by atoms with van der Waals surface area (Å²) >= 11 is 9.52. The Morgan fingerprint density at radius 3 is 2.27 bits per heavy atom. The second-order valence-corrected chi connectivity index (χ2v) is 8.51. The molecule has 1 amide bonds. The number of nitrogens with zero attached hydrogens (tertiary/aromatic N) is 2. The molecule has 3 aromatic carbocycles. The SMILES string of the molecule is CCOc1ccc(/C=C2\N=C(c3ccc(Cl)cc3)N(c3ccc(Br)cc3)C2=O)cc1OCC. The van der Waals surface area contributed by atoms with E-state index in [9.17, 15) is 4.79 Å². The van der Waals surface area contributed by atoms with Gasteiger partial charge >= 0.3 is 0 Å². The molecule has 0 bridgehead atoms. The summed E-state index contributed by atoms with van der Waals surface area (Å²) < 4.78 is 12.3. The fraction of sp³-hybridized carbons (Fsp3) is 0.154. The molecule has 0 saturated heterocycles. The Labute approximate surface area is 206 Å². The maximum atomic E-state index is 13.5. The van der Waals surface area contributed by atoms with Crippen LogP contribution in [0.5, 0.6) is 11.5 Å². The highest BCUT2D eigenvalue weighted by Crippen LogP contribution is 2.32. The van der Waals surface area contributed by atoms with Crippen LogP contribution in [0.1, 0.15) is 25.0 Å². The lowest BCUT2D eigenvalue weighted by Crippen LogP contribution is -2.32. The number of amides is 1. The van der Waals surface area contributed by atoms with Crippen LogP contribution in [0.3, 0.4) is 0 Å². The van der Waals surface area contributed by atoms with Gasteiger partial charge in [-0.15, -0.1) is 0 Å². The minimum Gasteiger partial charge on any atom is -0.490 e. The lowest BCUT2D eigenvalue weighted by molar-refractivity contribution is -0.113. The maximum absolute atomic E-state index is 13.5. The molecule has 4 rings (SSSR count). The summed E-state index contributed by atoms with van der Waals surface area (Å²) in [5.74, 6) is 1.63. The zero-order chi connectivity index (χ0) is 23.4. The van der Waals surface area contributed by atoms with Crippen LogP contribution in [0.2, 0.25) is 5.02 Å². The molecule has 0 N–H and O–H groups in total. The van der Waals surface area contributed by atoms with Gasteiger partial charge in [-0.25, -0.2) is 4.99 Å². The van der Waals surface area contributed by atoms with Crippen molar-refractivity contribution in [3.63, 3.8) is 0 Å². The van der Waals surface area contributed by atoms with Gasteiger partial charge in [-0.3, -0.25) is 9.69 Å². The number of aliphatic imine (C=N–C) groups is 1. The van der Waals surface area contributed by atoms with E-state index >= 15 is 0 Å². The smallest absolute Gasteiger partial charge is 0.282 e. The summed E-state index contributed by atoms with van der Waals surface area (Å²) in [4.78, 5) is 19.8. The number of anilines is 1. The molecule has 168 valence electrons. The van der Waals surface area contributed by atoms with Gasteiger partial charge in [0.2, 0.25) is 0 Å². The van der Waals surface area contributed by atoms with Crippen LogP contribution in [-0.2, 0) is 4.79 Å². The molecule has 7 heteroatoms. The van der Waals surface area contributed by atoms with Crippen LogP contribution in [0.4, 0.5) is 5.69 Å². The average molecular weight is 526 g/mol. The molecule has 0 fully saturated rings. The van der Waals surface area contributed by atoms with Crippen LogP contribution in [0.25, 0.3) is 6.08 Å². The highest BCUT2D eigenvalue weighted by Gasteiger charge is 2.32. The second-order valence-electron chi connectivity index (χ2n) is 7.16. The number of carbonyl (C=O) groups is 1. The minimum atomic E-state index is -0.214. The standard InChI is InChI=1S/C26H22BrClN2O3/c1-3-32-23-14-5-17(16-24(23)33-4-2)15-22-26(31)30(21-12-8-19(27)9-13-21)25(29-22)18-6-10-20(28)11-7-18/h5-16H,3-4H2,1-2H3/b22-15-. The van der Waals surface area contributed by atoms with E-state index < -0.39 is 0 Å². The Morgan fingerprint density at radius 1 is 0.939 bits per heavy atom. The maximum Gasteiger partial charge on any atom is 0.282 e. The number of rotatable bonds is 7. The quantitative estimate of drug-likeness (QED) is 0.321. The van der Waals surface area contributed by atoms with Crippen molar-refractivity contribution in [2.75, 3.05) is 18.1 Å². The van der Waals surface area contributed by atoms with Gasteiger partial charge in [0.1, 0.15) is 11.5 Å². The molecule has 0 aliphatic carbocycles. The molecule has 5 nitrogen and oxygen atoms in total. The zero-order valence-corrected chi connectivity index (χ0v) is 20.6. The third kappa shape index (κ3) is 5.13. The molecule has 1 heterocycles. The monoisotopic (exact) mass is 524 g/mol. The second kappa shape index (κ2) is 10.2. The number of halogens is 2. The average Bonchev–Trinajstić information content (AvgIpc) is 3.13. The third-order valence-corrected chi connectivity index (χ3v) is 5.70. The van der Waals surface area contributed by atoms with Crippen molar-refractivity contribution in [2.24, 2.45) is 4.99 Å². The Morgan fingerprint density at radius 2 is 1.61 bits per heavy atom. The molecule has 0 spiro atoms. The van der Waals surface area contributed by atoms with Gasteiger partial charge in [0.25, 0.3) is 5.91 Å². The van der Waals surface area contributed by atoms with Gasteiger partial charge in [0.05, 0.1) is 18.9 Å². The summed E-state index contributed by atoms with van der Waals surface area (Å²) in [5.41, 5.74) is 2.64. The van der Waals surface area contributed by atoms with Crippen molar-refractivity contribution in [3.8, 4) is 11.5 Å². The van der Waals surface area contributed by atoms with Gasteiger partial charge in [0.15, 0.2) is 11.5 Å². The lowest BCUT2D eigenvalue weighted by Gasteiger charge is -2.18. The van der Waals surface area contributed by atoms with Gasteiger partial charge in [-0.05, 0) is 86.2 Å². The van der Waals surface area contributed by atoms with Crippen molar-refractivity contribution in [1.29, 1.82) is 0 Å². The first-order valence-corrected chi connectivity index (χ1v) is 11.7. The number of ether oxygens (including phenoxy) is 2.